The molecule has 98 valence electrons. The van der Waals surface area contributed by atoms with Crippen LogP contribution in [0.5, 0.6) is 0 Å². The molecule has 5 heteroatoms. The predicted molar refractivity (Wildman–Crippen MR) is 74.5 cm³/mol. The molecule has 1 saturated heterocycles. The van der Waals surface area contributed by atoms with Crippen molar-refractivity contribution >= 4 is 28.3 Å². The summed E-state index contributed by atoms with van der Waals surface area (Å²) in [6.45, 7) is 9.59. The molecule has 0 saturated carbocycles. The van der Waals surface area contributed by atoms with E-state index in [1.165, 1.54) is 0 Å². The third-order valence-electron chi connectivity index (χ3n) is 3.52. The van der Waals surface area contributed by atoms with E-state index in [0.29, 0.717) is 17.5 Å². The molecule has 19 heavy (non-hydrogen) atoms. The van der Waals surface area contributed by atoms with Crippen molar-refractivity contribution in [1.82, 2.24) is 9.55 Å². The van der Waals surface area contributed by atoms with E-state index in [0.717, 1.165) is 43.0 Å². The van der Waals surface area contributed by atoms with Crippen LogP contribution >= 0.6 is 11.6 Å². The van der Waals surface area contributed by atoms with Crippen molar-refractivity contribution in [3.05, 3.63) is 35.4 Å². The first-order chi connectivity index (χ1) is 9.31. The van der Waals surface area contributed by atoms with Crippen LogP contribution in [0.25, 0.3) is 15.9 Å². The fraction of sp³-hybridized carbons (Fsp3) is 0.429. The first-order valence-corrected chi connectivity index (χ1v) is 6.85. The number of hydrogen-bond acceptors (Lipinski definition) is 2. The summed E-state index contributed by atoms with van der Waals surface area (Å²) in [6, 6.07) is 5.61. The molecule has 1 fully saturated rings. The summed E-state index contributed by atoms with van der Waals surface area (Å²) in [6.07, 6.45) is 1.08. The van der Waals surface area contributed by atoms with Crippen molar-refractivity contribution in [2.75, 3.05) is 13.2 Å². The minimum atomic E-state index is 0.385. The maximum absolute atomic E-state index is 7.05. The van der Waals surface area contributed by atoms with Crippen LogP contribution in [-0.4, -0.2) is 22.8 Å². The molecule has 3 rings (SSSR count). The van der Waals surface area contributed by atoms with Crippen LogP contribution in [0.1, 0.15) is 12.2 Å². The van der Waals surface area contributed by atoms with Crippen molar-refractivity contribution in [3.63, 3.8) is 0 Å². The molecular formula is C14H14ClN3O. The number of hydrogen-bond donors (Lipinski definition) is 0. The lowest BCUT2D eigenvalue weighted by Crippen LogP contribution is -2.12. The number of alkyl halides is 1. The van der Waals surface area contributed by atoms with Gasteiger partial charge in [0, 0.05) is 19.1 Å². The molecule has 0 bridgehead atoms. The lowest BCUT2D eigenvalue weighted by atomic mass is 10.1. The smallest absolute Gasteiger partial charge is 0.189 e. The summed E-state index contributed by atoms with van der Waals surface area (Å²) in [5.41, 5.74) is 2.51. The normalized spacial score (nSPS) is 18.8. The van der Waals surface area contributed by atoms with Gasteiger partial charge in [-0.3, -0.25) is 0 Å². The van der Waals surface area contributed by atoms with Gasteiger partial charge in [-0.1, -0.05) is 6.07 Å². The molecule has 0 N–H and O–H groups in total. The Morgan fingerprint density at radius 1 is 1.53 bits per heavy atom. The molecule has 0 radical (unpaired) electrons. The van der Waals surface area contributed by atoms with Crippen LogP contribution in [0.4, 0.5) is 5.69 Å². The Hall–Kier alpha value is -1.57. The lowest BCUT2D eigenvalue weighted by Gasteiger charge is -2.12. The molecule has 1 aliphatic rings. The number of rotatable bonds is 3. The molecule has 1 aromatic heterocycles. The maximum atomic E-state index is 7.05. The molecule has 1 aromatic carbocycles. The molecule has 0 spiro atoms. The second-order valence-corrected chi connectivity index (χ2v) is 5.05. The van der Waals surface area contributed by atoms with Gasteiger partial charge in [-0.15, -0.1) is 11.6 Å². The number of benzene rings is 1. The third kappa shape index (κ3) is 2.32. The average molecular weight is 276 g/mol. The predicted octanol–water partition coefficient (Wildman–Crippen LogP) is 3.36. The van der Waals surface area contributed by atoms with Gasteiger partial charge < -0.3 is 9.30 Å². The summed E-state index contributed by atoms with van der Waals surface area (Å²) >= 11 is 5.99. The van der Waals surface area contributed by atoms with Crippen molar-refractivity contribution in [2.24, 2.45) is 5.92 Å². The van der Waals surface area contributed by atoms with Gasteiger partial charge in [-0.25, -0.2) is 9.83 Å². The average Bonchev–Trinajstić information content (AvgIpc) is 3.06. The summed E-state index contributed by atoms with van der Waals surface area (Å²) in [7, 11) is 0. The van der Waals surface area contributed by atoms with Crippen molar-refractivity contribution in [3.8, 4) is 0 Å². The van der Waals surface area contributed by atoms with Gasteiger partial charge in [0.2, 0.25) is 0 Å². The largest absolute Gasteiger partial charge is 0.381 e. The molecule has 2 heterocycles. The molecular weight excluding hydrogens is 262 g/mol. The fourth-order valence-corrected chi connectivity index (χ4v) is 2.73. The van der Waals surface area contributed by atoms with E-state index in [2.05, 4.69) is 14.4 Å². The molecule has 0 unspecified atom stereocenters. The van der Waals surface area contributed by atoms with E-state index in [9.17, 15) is 0 Å². The maximum Gasteiger partial charge on any atom is 0.189 e. The number of aromatic nitrogens is 2. The Bertz CT molecular complexity index is 638. The molecule has 0 amide bonds. The highest BCUT2D eigenvalue weighted by atomic mass is 35.5. The molecule has 0 aliphatic carbocycles. The molecule has 4 nitrogen and oxygen atoms in total. The van der Waals surface area contributed by atoms with Gasteiger partial charge >= 0.3 is 0 Å². The van der Waals surface area contributed by atoms with Crippen molar-refractivity contribution < 1.29 is 4.74 Å². The SMILES string of the molecule is [C-]#[N+]c1ccc2c(c1)nc(CCl)n2C[C@H]1CCOC1. The van der Waals surface area contributed by atoms with E-state index in [1.807, 2.05) is 18.2 Å². The standard InChI is InChI=1S/C14H14ClN3O/c1-16-11-2-3-13-12(6-11)17-14(7-15)18(13)8-10-4-5-19-9-10/h2-3,6,10H,4-5,7-9H2/t10-/m1/s1. The third-order valence-corrected chi connectivity index (χ3v) is 3.76. The Morgan fingerprint density at radius 3 is 3.11 bits per heavy atom. The zero-order chi connectivity index (χ0) is 13.2. The van der Waals surface area contributed by atoms with Gasteiger partial charge in [0.15, 0.2) is 5.69 Å². The summed E-state index contributed by atoms with van der Waals surface area (Å²) in [4.78, 5) is 7.97. The van der Waals surface area contributed by atoms with E-state index in [-0.39, 0.29) is 0 Å². The van der Waals surface area contributed by atoms with Crippen LogP contribution in [0.3, 0.4) is 0 Å². The fourth-order valence-electron chi connectivity index (χ4n) is 2.53. The van der Waals surface area contributed by atoms with E-state index in [4.69, 9.17) is 22.9 Å². The Morgan fingerprint density at radius 2 is 2.42 bits per heavy atom. The second kappa shape index (κ2) is 5.20. The van der Waals surface area contributed by atoms with Crippen molar-refractivity contribution in [1.29, 1.82) is 0 Å². The van der Waals surface area contributed by atoms with E-state index < -0.39 is 0 Å². The van der Waals surface area contributed by atoms with Crippen LogP contribution in [0.15, 0.2) is 18.2 Å². The number of halogens is 1. The highest BCUT2D eigenvalue weighted by Crippen LogP contribution is 2.25. The molecule has 2 aromatic rings. The second-order valence-electron chi connectivity index (χ2n) is 4.79. The van der Waals surface area contributed by atoms with Gasteiger partial charge in [0.1, 0.15) is 5.82 Å². The lowest BCUT2D eigenvalue weighted by molar-refractivity contribution is 0.182. The Kier molecular flexibility index (Phi) is 3.41. The highest BCUT2D eigenvalue weighted by Gasteiger charge is 2.19. The number of nitrogens with zero attached hydrogens (tertiary/aromatic N) is 3. The minimum absolute atomic E-state index is 0.385. The first-order valence-electron chi connectivity index (χ1n) is 6.32. The van der Waals surface area contributed by atoms with E-state index in [1.54, 1.807) is 0 Å². The number of ether oxygens (including phenoxy) is 1. The highest BCUT2D eigenvalue weighted by molar-refractivity contribution is 6.16. The van der Waals surface area contributed by atoms with Crippen LogP contribution < -0.4 is 0 Å². The first kappa shape index (κ1) is 12.5. The zero-order valence-corrected chi connectivity index (χ0v) is 11.2. The topological polar surface area (TPSA) is 31.4 Å². The summed E-state index contributed by atoms with van der Waals surface area (Å²) in [5, 5.41) is 0. The summed E-state index contributed by atoms with van der Waals surface area (Å²) < 4.78 is 7.58. The minimum Gasteiger partial charge on any atom is -0.381 e. The van der Waals surface area contributed by atoms with Crippen LogP contribution in [-0.2, 0) is 17.2 Å². The number of fused-ring (bicyclic) bond motifs is 1. The number of imidazole rings is 1. The van der Waals surface area contributed by atoms with Gasteiger partial charge in [0.25, 0.3) is 0 Å². The van der Waals surface area contributed by atoms with Crippen LogP contribution in [0, 0.1) is 12.5 Å². The quantitative estimate of drug-likeness (QED) is 0.635. The van der Waals surface area contributed by atoms with Crippen LogP contribution in [0.2, 0.25) is 0 Å². The Labute approximate surface area is 116 Å². The summed E-state index contributed by atoms with van der Waals surface area (Å²) in [5.74, 6) is 1.78. The van der Waals surface area contributed by atoms with Gasteiger partial charge in [0.05, 0.1) is 30.1 Å². The van der Waals surface area contributed by atoms with Crippen molar-refractivity contribution in [2.45, 2.75) is 18.8 Å². The molecule has 1 aliphatic heterocycles. The van der Waals surface area contributed by atoms with Gasteiger partial charge in [-0.2, -0.15) is 0 Å². The molecule has 1 atom stereocenters. The van der Waals surface area contributed by atoms with Gasteiger partial charge in [-0.05, 0) is 18.6 Å². The Balaban J connectivity index is 2.03. The van der Waals surface area contributed by atoms with E-state index >= 15 is 0 Å². The zero-order valence-electron chi connectivity index (χ0n) is 10.5. The monoisotopic (exact) mass is 275 g/mol.